The van der Waals surface area contributed by atoms with Crippen molar-refractivity contribution < 1.29 is 9.59 Å². The number of pyridine rings is 1. The number of anilines is 1. The lowest BCUT2D eigenvalue weighted by Gasteiger charge is -2.31. The molecule has 0 saturated carbocycles. The van der Waals surface area contributed by atoms with Gasteiger partial charge in [-0.1, -0.05) is 60.1 Å². The summed E-state index contributed by atoms with van der Waals surface area (Å²) < 4.78 is 2.14. The van der Waals surface area contributed by atoms with E-state index in [0.29, 0.717) is 48.9 Å². The fourth-order valence-electron chi connectivity index (χ4n) is 4.52. The van der Waals surface area contributed by atoms with Gasteiger partial charge in [0.05, 0.1) is 10.6 Å². The van der Waals surface area contributed by atoms with Crippen LogP contribution in [0, 0.1) is 5.92 Å². The molecule has 0 bridgehead atoms. The number of likely N-dealkylation sites (tertiary alicyclic amines) is 1. The normalized spacial score (nSPS) is 14.3. The average molecular weight is 473 g/mol. The van der Waals surface area contributed by atoms with Gasteiger partial charge in [-0.3, -0.25) is 9.59 Å². The van der Waals surface area contributed by atoms with E-state index < -0.39 is 0 Å². The van der Waals surface area contributed by atoms with Crippen LogP contribution in [0.5, 0.6) is 0 Å². The van der Waals surface area contributed by atoms with Crippen molar-refractivity contribution in [3.8, 4) is 0 Å². The molecule has 1 aliphatic rings. The molecule has 172 valence electrons. The molecule has 0 atom stereocenters. The highest BCUT2D eigenvalue weighted by atomic mass is 35.5. The van der Waals surface area contributed by atoms with Crippen LogP contribution in [-0.2, 0) is 11.3 Å². The van der Waals surface area contributed by atoms with Crippen molar-refractivity contribution in [1.82, 2.24) is 14.5 Å². The largest absolute Gasteiger partial charge is 0.342 e. The molecule has 2 aromatic carbocycles. The minimum absolute atomic E-state index is 0.0150. The fourth-order valence-corrected chi connectivity index (χ4v) is 4.63. The van der Waals surface area contributed by atoms with Crippen molar-refractivity contribution in [3.63, 3.8) is 0 Å². The van der Waals surface area contributed by atoms with Crippen molar-refractivity contribution in [2.75, 3.05) is 18.4 Å². The van der Waals surface area contributed by atoms with Gasteiger partial charge in [0.1, 0.15) is 5.82 Å². The highest BCUT2D eigenvalue weighted by molar-refractivity contribution is 6.30. The van der Waals surface area contributed by atoms with Crippen LogP contribution < -0.4 is 5.32 Å². The van der Waals surface area contributed by atoms with Gasteiger partial charge < -0.3 is 14.8 Å². The second-order valence-electron chi connectivity index (χ2n) is 8.59. The van der Waals surface area contributed by atoms with Crippen LogP contribution in [0.4, 0.5) is 5.82 Å². The lowest BCUT2D eigenvalue weighted by atomic mass is 9.95. The monoisotopic (exact) mass is 472 g/mol. The summed E-state index contributed by atoms with van der Waals surface area (Å²) in [4.78, 5) is 32.1. The van der Waals surface area contributed by atoms with Gasteiger partial charge in [0.2, 0.25) is 5.91 Å². The molecule has 2 amide bonds. The van der Waals surface area contributed by atoms with Crippen molar-refractivity contribution in [2.24, 2.45) is 5.92 Å². The third kappa shape index (κ3) is 4.68. The van der Waals surface area contributed by atoms with Crippen LogP contribution in [-0.4, -0.2) is 39.4 Å². The van der Waals surface area contributed by atoms with Crippen LogP contribution in [0.1, 0.15) is 28.8 Å². The minimum Gasteiger partial charge on any atom is -0.342 e. The maximum absolute atomic E-state index is 13.5. The van der Waals surface area contributed by atoms with Gasteiger partial charge in [-0.2, -0.15) is 0 Å². The summed E-state index contributed by atoms with van der Waals surface area (Å²) in [6.07, 6.45) is 4.71. The third-order valence-electron chi connectivity index (χ3n) is 6.35. The molecule has 3 heterocycles. The number of carbonyl (C=O) groups is 2. The van der Waals surface area contributed by atoms with Gasteiger partial charge in [-0.25, -0.2) is 4.98 Å². The van der Waals surface area contributed by atoms with E-state index in [2.05, 4.69) is 33.1 Å². The molecule has 1 aliphatic heterocycles. The second-order valence-corrected chi connectivity index (χ2v) is 9.03. The maximum atomic E-state index is 13.5. The van der Waals surface area contributed by atoms with E-state index in [4.69, 9.17) is 11.6 Å². The molecule has 0 aliphatic carbocycles. The van der Waals surface area contributed by atoms with Gasteiger partial charge in [-0.05, 0) is 36.6 Å². The summed E-state index contributed by atoms with van der Waals surface area (Å²) in [6, 6.07) is 21.6. The highest BCUT2D eigenvalue weighted by Crippen LogP contribution is 2.26. The number of piperidine rings is 1. The Morgan fingerprint density at radius 3 is 2.44 bits per heavy atom. The molecule has 7 heteroatoms. The summed E-state index contributed by atoms with van der Waals surface area (Å²) in [7, 11) is 0. The number of carbonyl (C=O) groups excluding carboxylic acids is 2. The first kappa shape index (κ1) is 22.2. The number of para-hydroxylation sites is 1. The van der Waals surface area contributed by atoms with E-state index in [1.807, 2.05) is 47.5 Å². The Labute approximate surface area is 203 Å². The number of nitrogens with one attached hydrogen (secondary N) is 1. The van der Waals surface area contributed by atoms with Gasteiger partial charge in [0.15, 0.2) is 0 Å². The van der Waals surface area contributed by atoms with E-state index in [-0.39, 0.29) is 17.7 Å². The van der Waals surface area contributed by atoms with Gasteiger partial charge >= 0.3 is 0 Å². The van der Waals surface area contributed by atoms with Gasteiger partial charge in [0, 0.05) is 48.8 Å². The first-order chi connectivity index (χ1) is 16.6. The van der Waals surface area contributed by atoms with Crippen LogP contribution in [0.2, 0.25) is 5.02 Å². The number of hydrogen-bond donors (Lipinski definition) is 1. The standard InChI is InChI=1S/C27H25ClN4O2/c28-21-10-11-25(29-16-21)30-26(33)20-12-14-31(15-13-20)27(34)23-18-32(17-19-6-2-1-3-7-19)24-9-5-4-8-22(23)24/h1-11,16,18,20H,12-15,17H2,(H,29,30,33). The van der Waals surface area contributed by atoms with Crippen molar-refractivity contribution >= 4 is 40.1 Å². The topological polar surface area (TPSA) is 67.2 Å². The zero-order valence-corrected chi connectivity index (χ0v) is 19.4. The number of rotatable bonds is 5. The SMILES string of the molecule is O=C(Nc1ccc(Cl)cn1)C1CCN(C(=O)c2cn(Cc3ccccc3)c3ccccc23)CC1. The summed E-state index contributed by atoms with van der Waals surface area (Å²) in [5, 5.41) is 4.33. The van der Waals surface area contributed by atoms with E-state index in [0.717, 1.165) is 10.9 Å². The number of halogens is 1. The van der Waals surface area contributed by atoms with Crippen molar-refractivity contribution in [3.05, 3.63) is 95.3 Å². The highest BCUT2D eigenvalue weighted by Gasteiger charge is 2.29. The van der Waals surface area contributed by atoms with Gasteiger partial charge in [0.25, 0.3) is 5.91 Å². The first-order valence-corrected chi connectivity index (χ1v) is 11.8. The Hall–Kier alpha value is -3.64. The lowest BCUT2D eigenvalue weighted by Crippen LogP contribution is -2.41. The molecule has 0 unspecified atom stereocenters. The molecule has 1 saturated heterocycles. The van der Waals surface area contributed by atoms with Crippen molar-refractivity contribution in [1.29, 1.82) is 0 Å². The Kier molecular flexibility index (Phi) is 6.32. The van der Waals surface area contributed by atoms with Crippen LogP contribution in [0.15, 0.2) is 79.1 Å². The van der Waals surface area contributed by atoms with Crippen molar-refractivity contribution in [2.45, 2.75) is 19.4 Å². The first-order valence-electron chi connectivity index (χ1n) is 11.4. The Bertz CT molecular complexity index is 1310. The average Bonchev–Trinajstić information content (AvgIpc) is 3.24. The number of hydrogen-bond acceptors (Lipinski definition) is 3. The quantitative estimate of drug-likeness (QED) is 0.432. The number of nitrogens with zero attached hydrogens (tertiary/aromatic N) is 3. The van der Waals surface area contributed by atoms with E-state index >= 15 is 0 Å². The number of fused-ring (bicyclic) bond motifs is 1. The molecule has 1 N–H and O–H groups in total. The third-order valence-corrected chi connectivity index (χ3v) is 6.57. The number of amides is 2. The van der Waals surface area contributed by atoms with Crippen LogP contribution in [0.25, 0.3) is 10.9 Å². The van der Waals surface area contributed by atoms with Crippen LogP contribution >= 0.6 is 11.6 Å². The molecule has 34 heavy (non-hydrogen) atoms. The zero-order valence-electron chi connectivity index (χ0n) is 18.7. The molecule has 2 aromatic heterocycles. The zero-order chi connectivity index (χ0) is 23.5. The molecule has 6 nitrogen and oxygen atoms in total. The predicted molar refractivity (Wildman–Crippen MR) is 134 cm³/mol. The summed E-state index contributed by atoms with van der Waals surface area (Å²) >= 11 is 5.86. The Morgan fingerprint density at radius 2 is 1.71 bits per heavy atom. The number of aromatic nitrogens is 2. The minimum atomic E-state index is -0.152. The lowest BCUT2D eigenvalue weighted by molar-refractivity contribution is -0.121. The smallest absolute Gasteiger partial charge is 0.256 e. The fraction of sp³-hybridized carbons (Fsp3) is 0.222. The Morgan fingerprint density at radius 1 is 0.971 bits per heavy atom. The molecule has 5 rings (SSSR count). The van der Waals surface area contributed by atoms with Gasteiger partial charge in [-0.15, -0.1) is 0 Å². The molecular formula is C27H25ClN4O2. The summed E-state index contributed by atoms with van der Waals surface area (Å²) in [5.74, 6) is 0.280. The molecule has 4 aromatic rings. The van der Waals surface area contributed by atoms with E-state index in [9.17, 15) is 9.59 Å². The van der Waals surface area contributed by atoms with E-state index in [1.54, 1.807) is 12.1 Å². The molecule has 0 spiro atoms. The maximum Gasteiger partial charge on any atom is 0.256 e. The predicted octanol–water partition coefficient (Wildman–Crippen LogP) is 5.23. The summed E-state index contributed by atoms with van der Waals surface area (Å²) in [5.41, 5.74) is 2.93. The Balaban J connectivity index is 1.28. The van der Waals surface area contributed by atoms with E-state index in [1.165, 1.54) is 11.8 Å². The second kappa shape index (κ2) is 9.69. The molecular weight excluding hydrogens is 448 g/mol. The molecule has 0 radical (unpaired) electrons. The van der Waals surface area contributed by atoms with Crippen LogP contribution in [0.3, 0.4) is 0 Å². The number of benzene rings is 2. The summed E-state index contributed by atoms with van der Waals surface area (Å²) in [6.45, 7) is 1.79. The molecule has 1 fully saturated rings.